The predicted molar refractivity (Wildman–Crippen MR) is 194 cm³/mol. The van der Waals surface area contributed by atoms with Gasteiger partial charge in [0.05, 0.1) is 36.2 Å². The van der Waals surface area contributed by atoms with Gasteiger partial charge in [0.2, 0.25) is 21.8 Å². The summed E-state index contributed by atoms with van der Waals surface area (Å²) < 4.78 is 53.4. The molecule has 2 unspecified atom stereocenters. The zero-order valence-corrected chi connectivity index (χ0v) is 32.8. The van der Waals surface area contributed by atoms with E-state index in [4.69, 9.17) is 9.47 Å². The number of sulfonamides is 1. The molecule has 3 amide bonds. The predicted octanol–water partition coefficient (Wildman–Crippen LogP) is 4.89. The number of esters is 1. The minimum absolute atomic E-state index is 0.0178. The van der Waals surface area contributed by atoms with Crippen LogP contribution < -0.4 is 4.72 Å². The Morgan fingerprint density at radius 1 is 1.09 bits per heavy atom. The van der Waals surface area contributed by atoms with Crippen LogP contribution in [-0.4, -0.2) is 83.2 Å². The summed E-state index contributed by atoms with van der Waals surface area (Å²) in [4.78, 5) is 84.0. The smallest absolute Gasteiger partial charge is 0.410 e. The molecule has 2 aliphatic heterocycles. The van der Waals surface area contributed by atoms with Crippen LogP contribution in [0.2, 0.25) is 0 Å². The third-order valence-corrected chi connectivity index (χ3v) is 12.4. The molecular formula is C39H52FN3O10S. The fourth-order valence-electron chi connectivity index (χ4n) is 7.61. The van der Waals surface area contributed by atoms with Crippen molar-refractivity contribution in [2.75, 3.05) is 6.54 Å². The highest BCUT2D eigenvalue weighted by Gasteiger charge is 2.61. The number of hydrogen-bond donors (Lipinski definition) is 1. The van der Waals surface area contributed by atoms with E-state index in [2.05, 4.69) is 4.72 Å². The molecule has 2 heterocycles. The Hall–Kier alpha value is -4.14. The quantitative estimate of drug-likeness (QED) is 0.191. The lowest BCUT2D eigenvalue weighted by Gasteiger charge is -2.29. The van der Waals surface area contributed by atoms with Gasteiger partial charge in [-0.2, -0.15) is 0 Å². The molecule has 2 saturated carbocycles. The monoisotopic (exact) mass is 773 g/mol. The lowest BCUT2D eigenvalue weighted by molar-refractivity contribution is -0.159. The van der Waals surface area contributed by atoms with Crippen molar-refractivity contribution in [3.8, 4) is 0 Å². The SMILES string of the molecule is CC[C@@H]1C[C@]1(CC(=O)C1CC(OC(=O)N2Cc3cccc(F)c3C2)CN1C(=O)[C@H](CCC(=O)C=C(C)C)CC(=O)OC(C)(C)C)C(=O)NS(=O)(=O)C1CC1. The zero-order valence-electron chi connectivity index (χ0n) is 31.9. The first-order valence-electron chi connectivity index (χ1n) is 18.7. The molecule has 3 fully saturated rings. The van der Waals surface area contributed by atoms with Crippen LogP contribution in [-0.2, 0) is 56.6 Å². The molecule has 13 nitrogen and oxygen atoms in total. The Balaban J connectivity index is 1.39. The van der Waals surface area contributed by atoms with Crippen LogP contribution >= 0.6 is 0 Å². The Bertz CT molecular complexity index is 1830. The summed E-state index contributed by atoms with van der Waals surface area (Å²) >= 11 is 0. The Labute approximate surface area is 316 Å². The number of ether oxygens (including phenoxy) is 2. The molecule has 1 aromatic carbocycles. The number of rotatable bonds is 15. The van der Waals surface area contributed by atoms with Gasteiger partial charge < -0.3 is 14.4 Å². The number of nitrogens with one attached hydrogen (secondary N) is 1. The number of hydrogen-bond acceptors (Lipinski definition) is 10. The first-order valence-corrected chi connectivity index (χ1v) is 20.3. The van der Waals surface area contributed by atoms with Crippen molar-refractivity contribution in [2.24, 2.45) is 17.3 Å². The number of ketones is 2. The molecule has 2 aliphatic carbocycles. The van der Waals surface area contributed by atoms with Gasteiger partial charge in [-0.3, -0.25) is 33.6 Å². The van der Waals surface area contributed by atoms with E-state index >= 15 is 0 Å². The number of Topliss-reactive ketones (excluding diaryl/α,β-unsaturated/α-hetero) is 1. The summed E-state index contributed by atoms with van der Waals surface area (Å²) in [6.45, 7) is 10.3. The fraction of sp³-hybridized carbons (Fsp3) is 0.641. The van der Waals surface area contributed by atoms with E-state index in [1.807, 2.05) is 6.92 Å². The normalized spacial score (nSPS) is 23.9. The van der Waals surface area contributed by atoms with Crippen LogP contribution in [0.4, 0.5) is 9.18 Å². The van der Waals surface area contributed by atoms with Gasteiger partial charge in [-0.15, -0.1) is 0 Å². The highest BCUT2D eigenvalue weighted by Crippen LogP contribution is 2.58. The average Bonchev–Trinajstić information content (AvgIpc) is 3.96. The first-order chi connectivity index (χ1) is 25.2. The maximum absolute atomic E-state index is 14.5. The highest BCUT2D eigenvalue weighted by atomic mass is 32.2. The number of amides is 3. The van der Waals surface area contributed by atoms with E-state index in [1.54, 1.807) is 46.8 Å². The van der Waals surface area contributed by atoms with Crippen molar-refractivity contribution < 1.29 is 51.0 Å². The lowest BCUT2D eigenvalue weighted by Crippen LogP contribution is -2.46. The van der Waals surface area contributed by atoms with Gasteiger partial charge in [0, 0.05) is 37.3 Å². The number of fused-ring (bicyclic) bond motifs is 1. The van der Waals surface area contributed by atoms with Gasteiger partial charge >= 0.3 is 12.1 Å². The second-order valence-electron chi connectivity index (χ2n) is 16.5. The summed E-state index contributed by atoms with van der Waals surface area (Å²) in [6.07, 6.45) is 0.517. The van der Waals surface area contributed by atoms with Crippen LogP contribution in [0.1, 0.15) is 110 Å². The number of halogens is 1. The number of benzene rings is 1. The van der Waals surface area contributed by atoms with Crippen molar-refractivity contribution in [3.05, 3.63) is 46.8 Å². The maximum Gasteiger partial charge on any atom is 0.410 e. The minimum Gasteiger partial charge on any atom is -0.460 e. The molecule has 1 saturated heterocycles. The van der Waals surface area contributed by atoms with E-state index in [0.29, 0.717) is 36.8 Å². The number of carbonyl (C=O) groups is 6. The number of nitrogens with zero attached hydrogens (tertiary/aromatic N) is 2. The zero-order chi connectivity index (χ0) is 39.7. The van der Waals surface area contributed by atoms with Crippen molar-refractivity contribution in [1.29, 1.82) is 0 Å². The topological polar surface area (TPSA) is 174 Å². The van der Waals surface area contributed by atoms with Crippen molar-refractivity contribution in [1.82, 2.24) is 14.5 Å². The van der Waals surface area contributed by atoms with Crippen molar-refractivity contribution in [3.63, 3.8) is 0 Å². The molecule has 296 valence electrons. The standard InChI is InChI=1S/C39H52FN3O10S/c1-7-26-18-39(26,36(48)41-54(50,51)29-13-14-29)19-33(45)32-17-28(52-37(49)42-20-25-9-8-10-31(40)30(25)22-42)21-43(32)35(47)24(11-12-27(44)15-23(2)3)16-34(46)53-38(4,5)6/h8-10,15,24,26,28-29,32H,7,11-14,16-22H2,1-6H3,(H,41,48)/t24-,26-,28?,32?,39-/m1/s1. The lowest BCUT2D eigenvalue weighted by atomic mass is 9.90. The minimum atomic E-state index is -3.89. The van der Waals surface area contributed by atoms with Crippen LogP contribution in [0.25, 0.3) is 0 Å². The average molecular weight is 774 g/mol. The Morgan fingerprint density at radius 3 is 2.39 bits per heavy atom. The summed E-state index contributed by atoms with van der Waals surface area (Å²) in [6, 6.07) is 3.40. The van der Waals surface area contributed by atoms with Crippen LogP contribution in [0.5, 0.6) is 0 Å². The number of carbonyl (C=O) groups excluding carboxylic acids is 6. The van der Waals surface area contributed by atoms with Gasteiger partial charge in [-0.25, -0.2) is 17.6 Å². The van der Waals surface area contributed by atoms with Gasteiger partial charge in [-0.1, -0.05) is 31.1 Å². The summed E-state index contributed by atoms with van der Waals surface area (Å²) in [5, 5.41) is -0.642. The van der Waals surface area contributed by atoms with Crippen LogP contribution in [0.3, 0.4) is 0 Å². The van der Waals surface area contributed by atoms with Gasteiger partial charge in [-0.05, 0) is 83.9 Å². The third-order valence-electron chi connectivity index (χ3n) is 10.6. The Morgan fingerprint density at radius 2 is 1.80 bits per heavy atom. The third kappa shape index (κ3) is 9.74. The van der Waals surface area contributed by atoms with Crippen LogP contribution in [0.15, 0.2) is 29.8 Å². The molecule has 4 aliphatic rings. The van der Waals surface area contributed by atoms with Crippen LogP contribution in [0, 0.1) is 23.1 Å². The molecule has 1 N–H and O–H groups in total. The molecule has 54 heavy (non-hydrogen) atoms. The van der Waals surface area contributed by atoms with E-state index in [1.165, 1.54) is 21.9 Å². The molecule has 0 radical (unpaired) electrons. The second-order valence-corrected chi connectivity index (χ2v) is 18.4. The molecule has 0 spiro atoms. The maximum atomic E-state index is 14.5. The number of likely N-dealkylation sites (tertiary alicyclic amines) is 1. The first kappa shape index (κ1) is 41.0. The van der Waals surface area contributed by atoms with E-state index in [0.717, 1.165) is 5.57 Å². The summed E-state index contributed by atoms with van der Waals surface area (Å²) in [5.41, 5.74) is -0.357. The molecule has 1 aromatic rings. The molecule has 0 bridgehead atoms. The molecular weight excluding hydrogens is 722 g/mol. The largest absolute Gasteiger partial charge is 0.460 e. The second kappa shape index (κ2) is 15.9. The fourth-order valence-corrected chi connectivity index (χ4v) is 9.00. The number of allylic oxidation sites excluding steroid dienone is 2. The van der Waals surface area contributed by atoms with Crippen molar-refractivity contribution >= 4 is 45.5 Å². The van der Waals surface area contributed by atoms with E-state index in [-0.39, 0.29) is 63.4 Å². The van der Waals surface area contributed by atoms with Crippen molar-refractivity contribution in [2.45, 2.75) is 135 Å². The highest BCUT2D eigenvalue weighted by molar-refractivity contribution is 7.90. The molecule has 5 rings (SSSR count). The molecule has 15 heteroatoms. The Kier molecular flexibility index (Phi) is 12.1. The molecule has 0 aromatic heterocycles. The van der Waals surface area contributed by atoms with E-state index in [9.17, 15) is 41.6 Å². The molecule has 5 atom stereocenters. The van der Waals surface area contributed by atoms with Gasteiger partial charge in [0.25, 0.3) is 0 Å². The summed E-state index contributed by atoms with van der Waals surface area (Å²) in [5.74, 6) is -4.55. The summed E-state index contributed by atoms with van der Waals surface area (Å²) in [7, 11) is -3.89. The van der Waals surface area contributed by atoms with E-state index < -0.39 is 79.8 Å². The van der Waals surface area contributed by atoms with Gasteiger partial charge in [0.1, 0.15) is 17.5 Å². The van der Waals surface area contributed by atoms with Gasteiger partial charge in [0.15, 0.2) is 11.6 Å².